The maximum Gasteiger partial charge on any atom is 0.274 e. The zero-order valence-corrected chi connectivity index (χ0v) is 37.3. The van der Waals surface area contributed by atoms with E-state index in [1.165, 1.54) is 0 Å². The van der Waals surface area contributed by atoms with Crippen molar-refractivity contribution in [1.82, 2.24) is 39.4 Å². The second-order valence-corrected chi connectivity index (χ2v) is 15.8. The van der Waals surface area contributed by atoms with Crippen LogP contribution in [0.1, 0.15) is 115 Å². The van der Waals surface area contributed by atoms with Crippen LogP contribution in [-0.2, 0) is 45.1 Å². The molecule has 0 aliphatic carbocycles. The highest BCUT2D eigenvalue weighted by Crippen LogP contribution is 2.27. The summed E-state index contributed by atoms with van der Waals surface area (Å²) >= 11 is 0. The highest BCUT2D eigenvalue weighted by Gasteiger charge is 2.29. The van der Waals surface area contributed by atoms with Crippen LogP contribution in [0.2, 0.25) is 0 Å². The Balaban J connectivity index is 0.000000231. The maximum absolute atomic E-state index is 13.2. The summed E-state index contributed by atoms with van der Waals surface area (Å²) < 4.78 is 30.9. The Labute approximate surface area is 358 Å². The van der Waals surface area contributed by atoms with Gasteiger partial charge in [0.2, 0.25) is 0 Å². The van der Waals surface area contributed by atoms with Crippen LogP contribution in [0.3, 0.4) is 0 Å². The number of carbonyl (C=O) groups is 2. The molecule has 0 saturated heterocycles. The lowest BCUT2D eigenvalue weighted by atomic mass is 9.94. The molecule has 0 fully saturated rings. The van der Waals surface area contributed by atoms with E-state index in [9.17, 15) is 9.59 Å². The number of aromatic nitrogens is 6. The number of imidazole rings is 2. The number of amides is 2. The third-order valence-electron chi connectivity index (χ3n) is 10.1. The lowest BCUT2D eigenvalue weighted by Crippen LogP contribution is -2.41. The molecule has 6 rings (SSSR count). The minimum atomic E-state index is -0.641. The number of benzene rings is 2. The predicted octanol–water partition coefficient (Wildman–Crippen LogP) is 7.42. The summed E-state index contributed by atoms with van der Waals surface area (Å²) in [5.74, 6) is 0.990. The molecule has 15 nitrogen and oxygen atoms in total. The molecule has 2 N–H and O–H groups in total. The van der Waals surface area contributed by atoms with Gasteiger partial charge in [-0.3, -0.25) is 18.4 Å². The number of fused-ring (bicyclic) bond motifs is 2. The highest BCUT2D eigenvalue weighted by atomic mass is 16.5. The minimum absolute atomic E-state index is 0.252. The molecule has 4 aromatic heterocycles. The van der Waals surface area contributed by atoms with Gasteiger partial charge in [0.25, 0.3) is 11.8 Å². The van der Waals surface area contributed by atoms with E-state index in [1.54, 1.807) is 38.4 Å². The Hall–Kier alpha value is -5.90. The van der Waals surface area contributed by atoms with Gasteiger partial charge in [0.15, 0.2) is 22.7 Å². The number of hydrogen-bond acceptors (Lipinski definition) is 11. The first-order chi connectivity index (χ1) is 29.2. The predicted molar refractivity (Wildman–Crippen MR) is 233 cm³/mol. The molecule has 0 atom stereocenters. The van der Waals surface area contributed by atoms with Gasteiger partial charge in [-0.1, -0.05) is 38.1 Å². The molecule has 2 aromatic carbocycles. The molecule has 6 aromatic rings. The van der Waals surface area contributed by atoms with E-state index in [0.29, 0.717) is 55.7 Å². The molecule has 326 valence electrons. The SMILES string of the molecule is CCCOc1cccc(C(C)(C)NC(=O)c2ncn3c(COC)c(C)c(C)nc23)c1.CCCOc1cccc(C(C)(C)NC(=O)c2ncn3c(COC)cc(COC)nc23)c1. The average Bonchev–Trinajstić information content (AvgIpc) is 3.86. The van der Waals surface area contributed by atoms with E-state index in [-0.39, 0.29) is 17.5 Å². The summed E-state index contributed by atoms with van der Waals surface area (Å²) in [6.07, 6.45) is 5.09. The van der Waals surface area contributed by atoms with Crippen molar-refractivity contribution in [1.29, 1.82) is 0 Å². The van der Waals surface area contributed by atoms with Crippen LogP contribution in [-0.4, -0.2) is 75.1 Å². The third-order valence-corrected chi connectivity index (χ3v) is 10.1. The molecule has 0 aliphatic rings. The van der Waals surface area contributed by atoms with Crippen molar-refractivity contribution < 1.29 is 33.3 Å². The van der Waals surface area contributed by atoms with Gasteiger partial charge in [0, 0.05) is 27.0 Å². The van der Waals surface area contributed by atoms with E-state index in [4.69, 9.17) is 23.7 Å². The summed E-state index contributed by atoms with van der Waals surface area (Å²) in [5.41, 5.74) is 6.53. The first kappa shape index (κ1) is 46.2. The summed E-state index contributed by atoms with van der Waals surface area (Å²) in [6.45, 7) is 18.3. The first-order valence-corrected chi connectivity index (χ1v) is 20.4. The summed E-state index contributed by atoms with van der Waals surface area (Å²) in [7, 11) is 4.87. The van der Waals surface area contributed by atoms with Gasteiger partial charge in [-0.15, -0.1) is 0 Å². The van der Waals surface area contributed by atoms with Crippen LogP contribution >= 0.6 is 0 Å². The molecule has 0 unspecified atom stereocenters. The Morgan fingerprint density at radius 3 is 1.64 bits per heavy atom. The number of aryl methyl sites for hydroxylation is 1. The molecule has 0 aliphatic heterocycles. The van der Waals surface area contributed by atoms with Crippen LogP contribution in [0.25, 0.3) is 11.3 Å². The molecular weight excluding hydrogens is 777 g/mol. The van der Waals surface area contributed by atoms with Gasteiger partial charge in [0.05, 0.1) is 61.2 Å². The Morgan fingerprint density at radius 2 is 1.15 bits per heavy atom. The zero-order valence-electron chi connectivity index (χ0n) is 37.3. The van der Waals surface area contributed by atoms with Crippen LogP contribution in [0.5, 0.6) is 11.5 Å². The van der Waals surface area contributed by atoms with E-state index in [0.717, 1.165) is 58.1 Å². The van der Waals surface area contributed by atoms with Crippen molar-refractivity contribution in [3.8, 4) is 11.5 Å². The van der Waals surface area contributed by atoms with E-state index >= 15 is 0 Å². The Bertz CT molecular complexity index is 2440. The van der Waals surface area contributed by atoms with Gasteiger partial charge in [-0.05, 0) is 101 Å². The number of nitrogens with zero attached hydrogens (tertiary/aromatic N) is 6. The number of nitrogens with one attached hydrogen (secondary N) is 2. The zero-order chi connectivity index (χ0) is 44.3. The number of carbonyl (C=O) groups excluding carboxylic acids is 2. The fourth-order valence-corrected chi connectivity index (χ4v) is 6.70. The normalized spacial score (nSPS) is 11.7. The number of ether oxygens (including phenoxy) is 5. The lowest BCUT2D eigenvalue weighted by Gasteiger charge is -2.27. The van der Waals surface area contributed by atoms with Gasteiger partial charge < -0.3 is 34.3 Å². The van der Waals surface area contributed by atoms with E-state index in [2.05, 4.69) is 44.4 Å². The average molecular weight is 837 g/mol. The highest BCUT2D eigenvalue weighted by molar-refractivity contribution is 5.99. The lowest BCUT2D eigenvalue weighted by molar-refractivity contribution is 0.0899. The standard InChI is InChI=1S/C23H30N4O4.C23H30N4O3/c1-6-10-31-19-9-7-8-16(11-19)23(2,3)26-22(28)20-21-25-17(13-29-4)12-18(14-30-5)27(21)15-24-20;1-7-11-30-18-10-8-9-17(12-18)23(4,5)26-22(28)20-21-25-16(3)15(2)19(13-29-6)27(21)14-24-20/h7-9,11-12,15H,6,10,13-14H2,1-5H3,(H,26,28);8-10,12,14H,7,11,13H2,1-6H3,(H,26,28). The molecule has 0 spiro atoms. The van der Waals surface area contributed by atoms with Gasteiger partial charge in [0.1, 0.15) is 24.2 Å². The van der Waals surface area contributed by atoms with Crippen molar-refractivity contribution in [3.63, 3.8) is 0 Å². The summed E-state index contributed by atoms with van der Waals surface area (Å²) in [4.78, 5) is 44.2. The van der Waals surface area contributed by atoms with Crippen molar-refractivity contribution in [2.24, 2.45) is 0 Å². The summed E-state index contributed by atoms with van der Waals surface area (Å²) in [6, 6.07) is 17.4. The third kappa shape index (κ3) is 11.1. The van der Waals surface area contributed by atoms with E-state index in [1.807, 2.05) is 101 Å². The maximum atomic E-state index is 13.2. The van der Waals surface area contributed by atoms with Crippen molar-refractivity contribution >= 4 is 23.1 Å². The number of rotatable bonds is 18. The van der Waals surface area contributed by atoms with Crippen LogP contribution in [0.4, 0.5) is 0 Å². The smallest absolute Gasteiger partial charge is 0.274 e. The topological polar surface area (TPSA) is 165 Å². The van der Waals surface area contributed by atoms with Crippen molar-refractivity contribution in [3.05, 3.63) is 118 Å². The largest absolute Gasteiger partial charge is 0.494 e. The van der Waals surface area contributed by atoms with Gasteiger partial charge >= 0.3 is 0 Å². The number of hydrogen-bond donors (Lipinski definition) is 2. The van der Waals surface area contributed by atoms with Crippen LogP contribution < -0.4 is 20.1 Å². The van der Waals surface area contributed by atoms with Crippen molar-refractivity contribution in [2.45, 2.75) is 99.1 Å². The fourth-order valence-electron chi connectivity index (χ4n) is 6.70. The second-order valence-electron chi connectivity index (χ2n) is 15.8. The van der Waals surface area contributed by atoms with Gasteiger partial charge in [-0.25, -0.2) is 19.9 Å². The minimum Gasteiger partial charge on any atom is -0.494 e. The molecule has 0 radical (unpaired) electrons. The molecule has 0 saturated carbocycles. The van der Waals surface area contributed by atoms with E-state index < -0.39 is 11.1 Å². The Morgan fingerprint density at radius 1 is 0.656 bits per heavy atom. The first-order valence-electron chi connectivity index (χ1n) is 20.4. The second kappa shape index (κ2) is 20.6. The molecule has 0 bridgehead atoms. The van der Waals surface area contributed by atoms with Crippen molar-refractivity contribution in [2.75, 3.05) is 34.5 Å². The van der Waals surface area contributed by atoms with Crippen LogP contribution in [0.15, 0.2) is 67.3 Å². The molecule has 2 amide bonds. The Kier molecular flexibility index (Phi) is 15.6. The molecule has 15 heteroatoms. The number of methoxy groups -OCH3 is 3. The van der Waals surface area contributed by atoms with Gasteiger partial charge in [-0.2, -0.15) is 0 Å². The monoisotopic (exact) mass is 836 g/mol. The summed E-state index contributed by atoms with van der Waals surface area (Å²) in [5, 5.41) is 6.17. The van der Waals surface area contributed by atoms with Crippen LogP contribution in [0, 0.1) is 13.8 Å². The quantitative estimate of drug-likeness (QED) is 0.0885. The molecule has 61 heavy (non-hydrogen) atoms. The molecule has 4 heterocycles. The molecular formula is C46H60N8O7. The fraction of sp³-hybridized carbons (Fsp3) is 0.435.